The van der Waals surface area contributed by atoms with Crippen LogP contribution in [0.2, 0.25) is 0 Å². The van der Waals surface area contributed by atoms with Crippen LogP contribution in [0.4, 0.5) is 0 Å². The topological polar surface area (TPSA) is 73.8 Å². The van der Waals surface area contributed by atoms with Crippen molar-refractivity contribution >= 4 is 22.1 Å². The summed E-state index contributed by atoms with van der Waals surface area (Å²) in [5.41, 5.74) is 2.85. The Bertz CT molecular complexity index is 1020. The third kappa shape index (κ3) is 1.94. The van der Waals surface area contributed by atoms with E-state index < -0.39 is 0 Å². The van der Waals surface area contributed by atoms with E-state index in [1.165, 1.54) is 15.9 Å². The fraction of sp³-hybridized carbons (Fsp3) is 0.0667. The molecule has 108 valence electrons. The zero-order chi connectivity index (χ0) is 15.1. The van der Waals surface area contributed by atoms with Crippen LogP contribution in [0, 0.1) is 0 Å². The third-order valence-corrected chi connectivity index (χ3v) is 4.04. The minimum Gasteiger partial charge on any atom is -0.332 e. The number of hydrogen-bond acceptors (Lipinski definition) is 6. The Morgan fingerprint density at radius 1 is 1.27 bits per heavy atom. The van der Waals surface area contributed by atoms with E-state index in [0.29, 0.717) is 28.5 Å². The van der Waals surface area contributed by atoms with Crippen LogP contribution in [0.15, 0.2) is 50.5 Å². The second-order valence-electron chi connectivity index (χ2n) is 4.78. The van der Waals surface area contributed by atoms with Gasteiger partial charge in [0.1, 0.15) is 11.4 Å². The predicted molar refractivity (Wildman–Crippen MR) is 83.6 cm³/mol. The molecule has 1 aromatic carbocycles. The molecule has 4 aromatic rings. The molecule has 22 heavy (non-hydrogen) atoms. The van der Waals surface area contributed by atoms with Crippen LogP contribution in [-0.2, 0) is 7.05 Å². The number of fused-ring (bicyclic) bond motifs is 1. The Kier molecular flexibility index (Phi) is 2.87. The van der Waals surface area contributed by atoms with E-state index >= 15 is 0 Å². The van der Waals surface area contributed by atoms with Gasteiger partial charge in [-0.1, -0.05) is 23.4 Å². The van der Waals surface area contributed by atoms with Crippen molar-refractivity contribution in [3.8, 4) is 23.1 Å². The van der Waals surface area contributed by atoms with E-state index in [1.54, 1.807) is 18.6 Å². The van der Waals surface area contributed by atoms with E-state index in [2.05, 4.69) is 15.1 Å². The highest BCUT2D eigenvalue weighted by atomic mass is 32.1. The van der Waals surface area contributed by atoms with E-state index in [1.807, 2.05) is 29.6 Å². The zero-order valence-electron chi connectivity index (χ0n) is 11.6. The van der Waals surface area contributed by atoms with Crippen LogP contribution >= 0.6 is 11.3 Å². The second-order valence-corrected chi connectivity index (χ2v) is 5.50. The van der Waals surface area contributed by atoms with Crippen molar-refractivity contribution in [2.45, 2.75) is 0 Å². The van der Waals surface area contributed by atoms with Crippen molar-refractivity contribution in [3.63, 3.8) is 0 Å². The Balaban J connectivity index is 1.91. The highest BCUT2D eigenvalue weighted by Gasteiger charge is 2.16. The number of benzene rings is 1. The number of nitrogens with zero attached hydrogens (tertiary/aromatic N) is 4. The first-order chi connectivity index (χ1) is 10.7. The highest BCUT2D eigenvalue weighted by molar-refractivity contribution is 7.07. The molecule has 0 saturated heterocycles. The Morgan fingerprint density at radius 2 is 2.14 bits per heavy atom. The lowest BCUT2D eigenvalue weighted by atomic mass is 10.1. The lowest BCUT2D eigenvalue weighted by molar-refractivity contribution is 0.429. The fourth-order valence-electron chi connectivity index (χ4n) is 2.31. The first-order valence-corrected chi connectivity index (χ1v) is 7.50. The molecule has 6 nitrogen and oxygen atoms in total. The summed E-state index contributed by atoms with van der Waals surface area (Å²) in [6.45, 7) is 0. The smallest absolute Gasteiger partial charge is 0.275 e. The average Bonchev–Trinajstić information content (AvgIpc) is 3.21. The van der Waals surface area contributed by atoms with Gasteiger partial charge in [-0.3, -0.25) is 4.79 Å². The molecule has 0 aliphatic heterocycles. The first-order valence-electron chi connectivity index (χ1n) is 6.55. The Labute approximate surface area is 128 Å². The lowest BCUT2D eigenvalue weighted by Crippen LogP contribution is -2.18. The van der Waals surface area contributed by atoms with Crippen molar-refractivity contribution < 1.29 is 4.52 Å². The highest BCUT2D eigenvalue weighted by Crippen LogP contribution is 2.23. The van der Waals surface area contributed by atoms with Crippen molar-refractivity contribution in [2.75, 3.05) is 0 Å². The first kappa shape index (κ1) is 12.9. The van der Waals surface area contributed by atoms with Gasteiger partial charge in [0.15, 0.2) is 0 Å². The van der Waals surface area contributed by atoms with Crippen LogP contribution in [0.5, 0.6) is 0 Å². The van der Waals surface area contributed by atoms with E-state index in [-0.39, 0.29) is 5.56 Å². The summed E-state index contributed by atoms with van der Waals surface area (Å²) >= 11 is 1.46. The van der Waals surface area contributed by atoms with Gasteiger partial charge < -0.3 is 9.09 Å². The molecule has 0 amide bonds. The Hall–Kier alpha value is -2.80. The quantitative estimate of drug-likeness (QED) is 0.569. The monoisotopic (exact) mass is 310 g/mol. The molecule has 0 fully saturated rings. The molecule has 0 bridgehead atoms. The second kappa shape index (κ2) is 4.88. The maximum atomic E-state index is 12.4. The van der Waals surface area contributed by atoms with Gasteiger partial charge in [0.05, 0.1) is 5.51 Å². The summed E-state index contributed by atoms with van der Waals surface area (Å²) in [7, 11) is 1.69. The number of pyridine rings is 1. The minimum atomic E-state index is -0.0958. The summed E-state index contributed by atoms with van der Waals surface area (Å²) in [5.74, 6) is 0.713. The van der Waals surface area contributed by atoms with Gasteiger partial charge in [-0.2, -0.15) is 4.98 Å². The van der Waals surface area contributed by atoms with Gasteiger partial charge in [-0.05, 0) is 17.5 Å². The maximum Gasteiger partial charge on any atom is 0.275 e. The molecular weight excluding hydrogens is 300 g/mol. The fourth-order valence-corrected chi connectivity index (χ4v) is 2.84. The largest absolute Gasteiger partial charge is 0.332 e. The number of hydrogen-bond donors (Lipinski definition) is 0. The van der Waals surface area contributed by atoms with Crippen molar-refractivity contribution in [1.82, 2.24) is 19.7 Å². The summed E-state index contributed by atoms with van der Waals surface area (Å²) < 4.78 is 6.82. The van der Waals surface area contributed by atoms with Gasteiger partial charge in [-0.15, -0.1) is 11.3 Å². The SMILES string of the molecule is Cn1c(-c2nc(-c3cscn3)no2)cc2ccccc2c1=O. The molecule has 0 atom stereocenters. The van der Waals surface area contributed by atoms with Crippen LogP contribution in [0.1, 0.15) is 0 Å². The minimum absolute atomic E-state index is 0.0958. The van der Waals surface area contributed by atoms with Crippen LogP contribution in [0.3, 0.4) is 0 Å². The normalized spacial score (nSPS) is 11.1. The average molecular weight is 310 g/mol. The van der Waals surface area contributed by atoms with Crippen molar-refractivity contribution in [1.29, 1.82) is 0 Å². The van der Waals surface area contributed by atoms with Crippen LogP contribution in [0.25, 0.3) is 33.9 Å². The van der Waals surface area contributed by atoms with Gasteiger partial charge in [0, 0.05) is 17.8 Å². The number of aromatic nitrogens is 4. The van der Waals surface area contributed by atoms with Gasteiger partial charge >= 0.3 is 0 Å². The molecule has 4 rings (SSSR count). The predicted octanol–water partition coefficient (Wildman–Crippen LogP) is 2.71. The van der Waals surface area contributed by atoms with Crippen molar-refractivity contribution in [2.24, 2.45) is 7.05 Å². The van der Waals surface area contributed by atoms with Crippen LogP contribution in [-0.4, -0.2) is 19.7 Å². The lowest BCUT2D eigenvalue weighted by Gasteiger charge is -2.06. The number of rotatable bonds is 2. The zero-order valence-corrected chi connectivity index (χ0v) is 12.4. The summed E-state index contributed by atoms with van der Waals surface area (Å²) in [6.07, 6.45) is 0. The van der Waals surface area contributed by atoms with E-state index in [9.17, 15) is 4.79 Å². The molecule has 0 saturated carbocycles. The molecule has 0 spiro atoms. The van der Waals surface area contributed by atoms with E-state index in [0.717, 1.165) is 5.39 Å². The summed E-state index contributed by atoms with van der Waals surface area (Å²) in [5, 5.41) is 7.27. The molecule has 7 heteroatoms. The molecule has 0 radical (unpaired) electrons. The van der Waals surface area contributed by atoms with Crippen LogP contribution < -0.4 is 5.56 Å². The molecule has 3 aromatic heterocycles. The third-order valence-electron chi connectivity index (χ3n) is 3.46. The number of thiazole rings is 1. The molecule has 3 heterocycles. The standard InChI is InChI=1S/C15H10N4O2S/c1-19-12(6-9-4-2-3-5-10(9)15(19)20)14-17-13(18-21-14)11-7-22-8-16-11/h2-8H,1H3. The summed E-state index contributed by atoms with van der Waals surface area (Å²) in [4.78, 5) is 20.9. The maximum absolute atomic E-state index is 12.4. The molecule has 0 aliphatic carbocycles. The van der Waals surface area contributed by atoms with Gasteiger partial charge in [0.2, 0.25) is 5.82 Å². The molecule has 0 aliphatic rings. The molecule has 0 unspecified atom stereocenters. The van der Waals surface area contributed by atoms with E-state index in [4.69, 9.17) is 4.52 Å². The molecular formula is C15H10N4O2S. The van der Waals surface area contributed by atoms with Gasteiger partial charge in [0.25, 0.3) is 11.4 Å². The van der Waals surface area contributed by atoms with Gasteiger partial charge in [-0.25, -0.2) is 4.98 Å². The molecule has 0 N–H and O–H groups in total. The van der Waals surface area contributed by atoms with Crippen molar-refractivity contribution in [3.05, 3.63) is 51.6 Å². The summed E-state index contributed by atoms with van der Waals surface area (Å²) in [6, 6.07) is 9.29. The Morgan fingerprint density at radius 3 is 2.95 bits per heavy atom.